The molecular weight excluding hydrogens is 356 g/mol. The van der Waals surface area contributed by atoms with Gasteiger partial charge in [0.1, 0.15) is 5.71 Å². The van der Waals surface area contributed by atoms with Gasteiger partial charge in [0.15, 0.2) is 5.92 Å². The average molecular weight is 378 g/mol. The van der Waals surface area contributed by atoms with Gasteiger partial charge in [-0.05, 0) is 49.9 Å². The number of aryl methyl sites for hydroxylation is 4. The first-order valence-corrected chi connectivity index (χ1v) is 8.87. The Labute approximate surface area is 163 Å². The van der Waals surface area contributed by atoms with Crippen molar-refractivity contribution >= 4 is 34.8 Å². The number of hydrogen-bond donors (Lipinski definition) is 2. The maximum atomic E-state index is 13.1. The Hall–Kier alpha value is -3.48. The summed E-state index contributed by atoms with van der Waals surface area (Å²) in [5.41, 5.74) is 3.99. The second-order valence-corrected chi connectivity index (χ2v) is 6.92. The van der Waals surface area contributed by atoms with Crippen molar-refractivity contribution in [1.29, 1.82) is 0 Å². The number of benzene rings is 2. The number of nitrogens with two attached hydrogens (primary N) is 1. The van der Waals surface area contributed by atoms with Crippen molar-refractivity contribution in [3.63, 3.8) is 0 Å². The fourth-order valence-corrected chi connectivity index (χ4v) is 3.53. The summed E-state index contributed by atoms with van der Waals surface area (Å²) in [6, 6.07) is 11.0. The van der Waals surface area contributed by atoms with E-state index in [2.05, 4.69) is 10.4 Å². The van der Waals surface area contributed by atoms with Gasteiger partial charge in [0.25, 0.3) is 11.8 Å². The summed E-state index contributed by atoms with van der Waals surface area (Å²) in [4.78, 5) is 39.9. The lowest BCUT2D eigenvalue weighted by Gasteiger charge is -2.19. The minimum atomic E-state index is -1.39. The fourth-order valence-electron chi connectivity index (χ4n) is 3.53. The summed E-state index contributed by atoms with van der Waals surface area (Å²) in [6.07, 6.45) is 0. The highest BCUT2D eigenvalue weighted by atomic mass is 16.2. The summed E-state index contributed by atoms with van der Waals surface area (Å²) in [5, 5.41) is 6.25. The molecular formula is C21H22N4O3. The van der Waals surface area contributed by atoms with Crippen molar-refractivity contribution in [3.8, 4) is 0 Å². The minimum absolute atomic E-state index is 0.267. The number of imide groups is 1. The van der Waals surface area contributed by atoms with Gasteiger partial charge in [-0.25, -0.2) is 4.90 Å². The van der Waals surface area contributed by atoms with Crippen molar-refractivity contribution < 1.29 is 14.4 Å². The molecule has 3 N–H and O–H groups in total. The van der Waals surface area contributed by atoms with E-state index in [1.165, 1.54) is 0 Å². The fraction of sp³-hybridized carbons (Fsp3) is 0.238. The normalized spacial score (nSPS) is 18.1. The molecule has 1 aliphatic rings. The molecule has 3 rings (SSSR count). The van der Waals surface area contributed by atoms with Crippen LogP contribution in [0.4, 0.5) is 11.4 Å². The van der Waals surface area contributed by atoms with Crippen LogP contribution in [0.5, 0.6) is 0 Å². The molecule has 0 radical (unpaired) electrons. The third kappa shape index (κ3) is 3.05. The maximum Gasteiger partial charge on any atom is 0.282 e. The zero-order chi connectivity index (χ0) is 20.6. The Balaban J connectivity index is 2.01. The first-order chi connectivity index (χ1) is 13.3. The number of hydrazone groups is 1. The van der Waals surface area contributed by atoms with Crippen molar-refractivity contribution in [3.05, 3.63) is 58.7 Å². The van der Waals surface area contributed by atoms with E-state index in [9.17, 15) is 14.4 Å². The molecule has 0 unspecified atom stereocenters. The number of rotatable bonds is 3. The number of amides is 3. The van der Waals surface area contributed by atoms with Gasteiger partial charge in [0, 0.05) is 5.69 Å². The minimum Gasteiger partial charge on any atom is -0.325 e. The second kappa shape index (κ2) is 7.26. The number of nitrogens with zero attached hydrogens (tertiary/aromatic N) is 2. The third-order valence-electron chi connectivity index (χ3n) is 4.96. The zero-order valence-electron chi connectivity index (χ0n) is 16.2. The van der Waals surface area contributed by atoms with Crippen LogP contribution in [0.1, 0.15) is 22.3 Å². The maximum absolute atomic E-state index is 13.1. The number of carbonyl (C=O) groups excluding carboxylic acids is 3. The molecule has 1 aliphatic heterocycles. The van der Waals surface area contributed by atoms with Gasteiger partial charge in [0.05, 0.1) is 5.69 Å². The molecule has 28 heavy (non-hydrogen) atoms. The molecule has 0 spiro atoms. The molecule has 2 aromatic rings. The van der Waals surface area contributed by atoms with Crippen LogP contribution in [0.2, 0.25) is 0 Å². The highest BCUT2D eigenvalue weighted by Gasteiger charge is 2.50. The summed E-state index contributed by atoms with van der Waals surface area (Å²) < 4.78 is 0. The van der Waals surface area contributed by atoms with Crippen LogP contribution in [-0.4, -0.2) is 23.4 Å². The number of nitrogens with one attached hydrogen (secondary N) is 1. The molecule has 1 saturated heterocycles. The van der Waals surface area contributed by atoms with E-state index in [0.717, 1.165) is 27.2 Å². The van der Waals surface area contributed by atoms with Crippen LogP contribution in [-0.2, 0) is 14.4 Å². The Kier molecular flexibility index (Phi) is 5.00. The number of para-hydroxylation sites is 2. The smallest absolute Gasteiger partial charge is 0.282 e. The van der Waals surface area contributed by atoms with Crippen LogP contribution in [0, 0.1) is 33.6 Å². The van der Waals surface area contributed by atoms with E-state index in [0.29, 0.717) is 11.4 Å². The molecule has 0 bridgehead atoms. The van der Waals surface area contributed by atoms with Crippen molar-refractivity contribution in [2.45, 2.75) is 27.7 Å². The Morgan fingerprint density at radius 2 is 1.46 bits per heavy atom. The SMILES string of the molecule is Cc1cccc(C)c1NC(=O)[C@@H]1C(=O)N(c2c(C)cccc2C)C(=O)/C1=N/N. The summed E-state index contributed by atoms with van der Waals surface area (Å²) >= 11 is 0. The average Bonchev–Trinajstić information content (AvgIpc) is 2.89. The van der Waals surface area contributed by atoms with Crippen LogP contribution < -0.4 is 16.1 Å². The molecule has 1 heterocycles. The molecule has 0 saturated carbocycles. The third-order valence-corrected chi connectivity index (χ3v) is 4.96. The van der Waals surface area contributed by atoms with Gasteiger partial charge < -0.3 is 11.2 Å². The van der Waals surface area contributed by atoms with Crippen LogP contribution in [0.25, 0.3) is 0 Å². The van der Waals surface area contributed by atoms with Crippen LogP contribution in [0.3, 0.4) is 0 Å². The van der Waals surface area contributed by atoms with Crippen molar-refractivity contribution in [2.75, 3.05) is 10.2 Å². The molecule has 2 aromatic carbocycles. The summed E-state index contributed by atoms with van der Waals surface area (Å²) in [5.74, 6) is 2.04. The quantitative estimate of drug-likeness (QED) is 0.370. The first kappa shape index (κ1) is 19.3. The molecule has 1 atom stereocenters. The van der Waals surface area contributed by atoms with Gasteiger partial charge in [-0.2, -0.15) is 5.10 Å². The Morgan fingerprint density at radius 1 is 0.964 bits per heavy atom. The highest BCUT2D eigenvalue weighted by Crippen LogP contribution is 2.31. The summed E-state index contributed by atoms with van der Waals surface area (Å²) in [7, 11) is 0. The molecule has 7 nitrogen and oxygen atoms in total. The predicted molar refractivity (Wildman–Crippen MR) is 108 cm³/mol. The molecule has 0 aromatic heterocycles. The van der Waals surface area contributed by atoms with Gasteiger partial charge in [0.2, 0.25) is 5.91 Å². The molecule has 144 valence electrons. The van der Waals surface area contributed by atoms with Gasteiger partial charge in [-0.3, -0.25) is 14.4 Å². The number of carbonyl (C=O) groups is 3. The predicted octanol–water partition coefficient (Wildman–Crippen LogP) is 2.36. The van der Waals surface area contributed by atoms with E-state index < -0.39 is 23.6 Å². The van der Waals surface area contributed by atoms with Gasteiger partial charge in [-0.15, -0.1) is 0 Å². The van der Waals surface area contributed by atoms with E-state index in [-0.39, 0.29) is 5.71 Å². The lowest BCUT2D eigenvalue weighted by molar-refractivity contribution is -0.127. The topological polar surface area (TPSA) is 105 Å². The lowest BCUT2D eigenvalue weighted by Crippen LogP contribution is -2.35. The summed E-state index contributed by atoms with van der Waals surface area (Å²) in [6.45, 7) is 7.30. The lowest BCUT2D eigenvalue weighted by atomic mass is 10.0. The highest BCUT2D eigenvalue weighted by molar-refractivity contribution is 6.61. The first-order valence-electron chi connectivity index (χ1n) is 8.87. The molecule has 7 heteroatoms. The second-order valence-electron chi connectivity index (χ2n) is 6.92. The van der Waals surface area contributed by atoms with Gasteiger partial charge in [-0.1, -0.05) is 36.4 Å². The van der Waals surface area contributed by atoms with Crippen molar-refractivity contribution in [2.24, 2.45) is 16.9 Å². The van der Waals surface area contributed by atoms with Crippen molar-refractivity contribution in [1.82, 2.24) is 0 Å². The van der Waals surface area contributed by atoms with Crippen LogP contribution >= 0.6 is 0 Å². The standard InChI is InChI=1S/C21H22N4O3/c1-11-7-5-8-12(2)16(11)23-19(26)15-17(24-22)21(28)25(20(15)27)18-13(3)9-6-10-14(18)4/h5-10,15H,22H2,1-4H3,(H,23,26)/b24-17+/t15-/m1/s1. The van der Waals surface area contributed by atoms with E-state index in [1.54, 1.807) is 26.0 Å². The molecule has 0 aliphatic carbocycles. The van der Waals surface area contributed by atoms with Crippen LogP contribution in [0.15, 0.2) is 41.5 Å². The number of anilines is 2. The Bertz CT molecular complexity index is 986. The Morgan fingerprint density at radius 3 is 1.96 bits per heavy atom. The van der Waals surface area contributed by atoms with E-state index in [4.69, 9.17) is 5.84 Å². The van der Waals surface area contributed by atoms with E-state index in [1.807, 2.05) is 38.1 Å². The number of hydrogen-bond acceptors (Lipinski definition) is 5. The molecule has 3 amide bonds. The van der Waals surface area contributed by atoms with Gasteiger partial charge >= 0.3 is 0 Å². The molecule has 1 fully saturated rings. The monoisotopic (exact) mass is 378 g/mol. The van der Waals surface area contributed by atoms with E-state index >= 15 is 0 Å². The largest absolute Gasteiger partial charge is 0.325 e. The zero-order valence-corrected chi connectivity index (χ0v) is 16.2.